The topological polar surface area (TPSA) is 65.9 Å². The normalized spacial score (nSPS) is 20.9. The van der Waals surface area contributed by atoms with Crippen molar-refractivity contribution in [2.24, 2.45) is 4.99 Å². The molecule has 1 fully saturated rings. The molecule has 0 aliphatic heterocycles. The lowest BCUT2D eigenvalue weighted by molar-refractivity contribution is 0.410. The van der Waals surface area contributed by atoms with Gasteiger partial charge in [-0.1, -0.05) is 6.42 Å². The molecular formula is C17H28IN3O2S. The number of nitrogens with zero attached hydrogens (tertiary/aromatic N) is 1. The molecule has 1 saturated carbocycles. The molecule has 7 heteroatoms. The lowest BCUT2D eigenvalue weighted by Crippen LogP contribution is -2.45. The third-order valence-corrected chi connectivity index (χ3v) is 5.35. The molecule has 1 aliphatic carbocycles. The van der Waals surface area contributed by atoms with Crippen LogP contribution in [0, 0.1) is 0 Å². The number of thioether (sulfide) groups is 1. The van der Waals surface area contributed by atoms with E-state index in [0.29, 0.717) is 12.6 Å². The molecule has 1 aliphatic rings. The molecule has 24 heavy (non-hydrogen) atoms. The number of nitrogens with one attached hydrogen (secondary N) is 2. The van der Waals surface area contributed by atoms with E-state index in [1.807, 2.05) is 17.8 Å². The zero-order valence-electron chi connectivity index (χ0n) is 14.5. The van der Waals surface area contributed by atoms with E-state index in [1.54, 1.807) is 26.3 Å². The number of aromatic hydroxyl groups is 1. The number of ether oxygens (including phenoxy) is 1. The Bertz CT molecular complexity index is 543. The van der Waals surface area contributed by atoms with Crippen molar-refractivity contribution in [1.29, 1.82) is 0 Å². The number of halogens is 1. The van der Waals surface area contributed by atoms with Crippen LogP contribution in [0.15, 0.2) is 23.2 Å². The second kappa shape index (κ2) is 10.9. The van der Waals surface area contributed by atoms with Gasteiger partial charge in [-0.2, -0.15) is 11.8 Å². The molecule has 1 aromatic carbocycles. The minimum atomic E-state index is 0. The van der Waals surface area contributed by atoms with Crippen LogP contribution in [0.1, 0.15) is 31.2 Å². The SMILES string of the molecule is CN=C(NCc1cc(OC)ccc1O)NC1CCCC(SC)C1.I. The summed E-state index contributed by atoms with van der Waals surface area (Å²) in [6.07, 6.45) is 7.11. The van der Waals surface area contributed by atoms with Gasteiger partial charge >= 0.3 is 0 Å². The van der Waals surface area contributed by atoms with E-state index in [-0.39, 0.29) is 29.7 Å². The predicted octanol–water partition coefficient (Wildman–Crippen LogP) is 3.36. The molecule has 3 N–H and O–H groups in total. The monoisotopic (exact) mass is 465 g/mol. The third kappa shape index (κ3) is 6.23. The van der Waals surface area contributed by atoms with Gasteiger partial charge in [-0.3, -0.25) is 4.99 Å². The molecule has 2 atom stereocenters. The van der Waals surface area contributed by atoms with Crippen LogP contribution in [-0.4, -0.2) is 42.8 Å². The number of guanidine groups is 1. The number of aliphatic imine (C=N–C) groups is 1. The number of phenolic OH excluding ortho intramolecular Hbond substituents is 1. The number of methoxy groups -OCH3 is 1. The first kappa shape index (κ1) is 21.2. The predicted molar refractivity (Wildman–Crippen MR) is 113 cm³/mol. The van der Waals surface area contributed by atoms with E-state index in [0.717, 1.165) is 22.5 Å². The van der Waals surface area contributed by atoms with E-state index in [1.165, 1.54) is 25.7 Å². The molecule has 0 bridgehead atoms. The van der Waals surface area contributed by atoms with Gasteiger partial charge in [-0.05, 0) is 43.7 Å². The van der Waals surface area contributed by atoms with Crippen LogP contribution in [0.2, 0.25) is 0 Å². The van der Waals surface area contributed by atoms with Gasteiger partial charge in [0.05, 0.1) is 7.11 Å². The smallest absolute Gasteiger partial charge is 0.191 e. The van der Waals surface area contributed by atoms with E-state index < -0.39 is 0 Å². The molecule has 0 aromatic heterocycles. The Morgan fingerprint density at radius 2 is 2.21 bits per heavy atom. The maximum Gasteiger partial charge on any atom is 0.191 e. The summed E-state index contributed by atoms with van der Waals surface area (Å²) in [7, 11) is 3.39. The Labute approximate surface area is 166 Å². The molecule has 0 amide bonds. The zero-order chi connectivity index (χ0) is 16.7. The molecule has 0 spiro atoms. The number of rotatable bonds is 5. The molecular weight excluding hydrogens is 437 g/mol. The second-order valence-corrected chi connectivity index (χ2v) is 6.92. The quantitative estimate of drug-likeness (QED) is 0.354. The van der Waals surface area contributed by atoms with Crippen molar-refractivity contribution in [3.8, 4) is 11.5 Å². The zero-order valence-corrected chi connectivity index (χ0v) is 17.7. The fraction of sp³-hybridized carbons (Fsp3) is 0.588. The van der Waals surface area contributed by atoms with Crippen LogP contribution in [0.5, 0.6) is 11.5 Å². The van der Waals surface area contributed by atoms with Gasteiger partial charge in [0.15, 0.2) is 5.96 Å². The molecule has 0 saturated heterocycles. The molecule has 0 radical (unpaired) electrons. The minimum absolute atomic E-state index is 0. The average Bonchev–Trinajstić information content (AvgIpc) is 2.59. The van der Waals surface area contributed by atoms with E-state index >= 15 is 0 Å². The summed E-state index contributed by atoms with van der Waals surface area (Å²) in [6.45, 7) is 0.501. The number of phenols is 1. The third-order valence-electron chi connectivity index (χ3n) is 4.26. The van der Waals surface area contributed by atoms with Crippen molar-refractivity contribution in [3.05, 3.63) is 23.8 Å². The van der Waals surface area contributed by atoms with Crippen molar-refractivity contribution in [2.75, 3.05) is 20.4 Å². The molecule has 2 unspecified atom stereocenters. The maximum absolute atomic E-state index is 9.95. The Kier molecular flexibility index (Phi) is 9.65. The Morgan fingerprint density at radius 3 is 2.88 bits per heavy atom. The van der Waals surface area contributed by atoms with E-state index in [4.69, 9.17) is 4.74 Å². The standard InChI is InChI=1S/C17H27N3O2S.HI/c1-18-17(20-13-5-4-6-15(10-13)23-3)19-11-12-9-14(22-2)7-8-16(12)21;/h7-9,13,15,21H,4-6,10-11H2,1-3H3,(H2,18,19,20);1H. The summed E-state index contributed by atoms with van der Waals surface area (Å²) >= 11 is 1.95. The number of benzene rings is 1. The molecule has 0 heterocycles. The van der Waals surface area contributed by atoms with E-state index in [2.05, 4.69) is 21.9 Å². The van der Waals surface area contributed by atoms with Crippen molar-refractivity contribution in [2.45, 2.75) is 43.5 Å². The summed E-state index contributed by atoms with van der Waals surface area (Å²) in [5.74, 6) is 1.77. The van der Waals surface area contributed by atoms with Crippen molar-refractivity contribution in [3.63, 3.8) is 0 Å². The van der Waals surface area contributed by atoms with Gasteiger partial charge in [-0.25, -0.2) is 0 Å². The lowest BCUT2D eigenvalue weighted by atomic mass is 9.95. The van der Waals surface area contributed by atoms with Crippen LogP contribution in [-0.2, 0) is 6.54 Å². The first-order valence-corrected chi connectivity index (χ1v) is 9.31. The maximum atomic E-state index is 9.95. The summed E-state index contributed by atoms with van der Waals surface area (Å²) in [6, 6.07) is 5.69. The highest BCUT2D eigenvalue weighted by atomic mass is 127. The van der Waals surface area contributed by atoms with Crippen molar-refractivity contribution in [1.82, 2.24) is 10.6 Å². The molecule has 136 valence electrons. The Hall–Kier alpha value is -0.830. The summed E-state index contributed by atoms with van der Waals surface area (Å²) in [4.78, 5) is 4.30. The highest BCUT2D eigenvalue weighted by Gasteiger charge is 2.21. The fourth-order valence-electron chi connectivity index (χ4n) is 2.89. The van der Waals surface area contributed by atoms with Gasteiger partial charge in [0.25, 0.3) is 0 Å². The Morgan fingerprint density at radius 1 is 1.42 bits per heavy atom. The highest BCUT2D eigenvalue weighted by molar-refractivity contribution is 14.0. The summed E-state index contributed by atoms with van der Waals surface area (Å²) < 4.78 is 5.20. The molecule has 1 aromatic rings. The van der Waals surface area contributed by atoms with E-state index in [9.17, 15) is 5.11 Å². The second-order valence-electron chi connectivity index (χ2n) is 5.79. The van der Waals surface area contributed by atoms with Gasteiger partial charge in [0.2, 0.25) is 0 Å². The van der Waals surface area contributed by atoms with Gasteiger partial charge in [0.1, 0.15) is 11.5 Å². The number of hydrogen-bond donors (Lipinski definition) is 3. The van der Waals surface area contributed by atoms with Crippen LogP contribution in [0.4, 0.5) is 0 Å². The molecule has 2 rings (SSSR count). The van der Waals surface area contributed by atoms with Crippen LogP contribution < -0.4 is 15.4 Å². The average molecular weight is 465 g/mol. The van der Waals surface area contributed by atoms with Crippen LogP contribution in [0.3, 0.4) is 0 Å². The minimum Gasteiger partial charge on any atom is -0.508 e. The van der Waals surface area contributed by atoms with Gasteiger partial charge in [-0.15, -0.1) is 24.0 Å². The van der Waals surface area contributed by atoms with Gasteiger partial charge < -0.3 is 20.5 Å². The molecule has 5 nitrogen and oxygen atoms in total. The van der Waals surface area contributed by atoms with Crippen molar-refractivity contribution < 1.29 is 9.84 Å². The summed E-state index contributed by atoms with van der Waals surface area (Å²) in [5.41, 5.74) is 0.790. The fourth-order valence-corrected chi connectivity index (χ4v) is 3.71. The van der Waals surface area contributed by atoms with Crippen LogP contribution >= 0.6 is 35.7 Å². The first-order valence-electron chi connectivity index (χ1n) is 8.02. The number of hydrogen-bond acceptors (Lipinski definition) is 4. The summed E-state index contributed by atoms with van der Waals surface area (Å²) in [5, 5.41) is 17.5. The largest absolute Gasteiger partial charge is 0.508 e. The van der Waals surface area contributed by atoms with Crippen LogP contribution in [0.25, 0.3) is 0 Å². The highest BCUT2D eigenvalue weighted by Crippen LogP contribution is 2.27. The van der Waals surface area contributed by atoms with Gasteiger partial charge in [0, 0.05) is 30.4 Å². The lowest BCUT2D eigenvalue weighted by Gasteiger charge is -2.29. The Balaban J connectivity index is 0.00000288. The first-order chi connectivity index (χ1) is 11.2. The van der Waals surface area contributed by atoms with Crippen molar-refractivity contribution >= 4 is 41.7 Å².